The smallest absolute Gasteiger partial charge is 0.151 e. The van der Waals surface area contributed by atoms with Gasteiger partial charge in [-0.2, -0.15) is 0 Å². The predicted octanol–water partition coefficient (Wildman–Crippen LogP) is 1.00. The van der Waals surface area contributed by atoms with E-state index in [0.717, 1.165) is 50.7 Å². The van der Waals surface area contributed by atoms with E-state index in [4.69, 9.17) is 9.26 Å². The monoisotopic (exact) mass is 239 g/mol. The van der Waals surface area contributed by atoms with Gasteiger partial charge in [-0.05, 0) is 20.0 Å². The summed E-state index contributed by atoms with van der Waals surface area (Å²) in [7, 11) is 2.10. The van der Waals surface area contributed by atoms with Crippen LogP contribution in [-0.2, 0) is 17.8 Å². The molecule has 1 fully saturated rings. The lowest BCUT2D eigenvalue weighted by molar-refractivity contribution is 0.150. The lowest BCUT2D eigenvalue weighted by Gasteiger charge is -2.20. The zero-order valence-electron chi connectivity index (χ0n) is 10.6. The number of ether oxygens (including phenoxy) is 1. The number of aromatic nitrogens is 1. The minimum absolute atomic E-state index is 0.511. The lowest BCUT2D eigenvalue weighted by atomic mass is 10.2. The van der Waals surface area contributed by atoms with E-state index in [0.29, 0.717) is 6.04 Å². The first-order chi connectivity index (χ1) is 8.29. The Hall–Kier alpha value is -0.910. The van der Waals surface area contributed by atoms with Gasteiger partial charge in [0.25, 0.3) is 0 Å². The van der Waals surface area contributed by atoms with Gasteiger partial charge >= 0.3 is 0 Å². The van der Waals surface area contributed by atoms with Crippen molar-refractivity contribution in [2.45, 2.75) is 32.5 Å². The average molecular weight is 239 g/mol. The SMILES string of the molecule is CCNCc1cc(CN(C)C2CCOC2)on1. The number of nitrogens with one attached hydrogen (secondary N) is 1. The van der Waals surface area contributed by atoms with Gasteiger partial charge in [0.15, 0.2) is 5.76 Å². The van der Waals surface area contributed by atoms with Crippen LogP contribution in [-0.4, -0.2) is 42.9 Å². The Kier molecular flexibility index (Phi) is 4.53. The third-order valence-corrected chi connectivity index (χ3v) is 3.10. The fourth-order valence-electron chi connectivity index (χ4n) is 2.01. The van der Waals surface area contributed by atoms with Gasteiger partial charge in [-0.25, -0.2) is 0 Å². The van der Waals surface area contributed by atoms with Gasteiger partial charge in [-0.3, -0.25) is 4.90 Å². The Labute approximate surface area is 102 Å². The van der Waals surface area contributed by atoms with Crippen molar-refractivity contribution >= 4 is 0 Å². The topological polar surface area (TPSA) is 50.5 Å². The molecule has 0 bridgehead atoms. The van der Waals surface area contributed by atoms with Crippen LogP contribution in [0.2, 0.25) is 0 Å². The van der Waals surface area contributed by atoms with Crippen LogP contribution in [0.1, 0.15) is 24.8 Å². The molecule has 2 rings (SSSR count). The summed E-state index contributed by atoms with van der Waals surface area (Å²) in [5.41, 5.74) is 0.970. The van der Waals surface area contributed by atoms with Crippen molar-refractivity contribution in [3.63, 3.8) is 0 Å². The first-order valence-electron chi connectivity index (χ1n) is 6.22. The van der Waals surface area contributed by atoms with Crippen LogP contribution in [0.3, 0.4) is 0 Å². The third-order valence-electron chi connectivity index (χ3n) is 3.10. The molecule has 0 aromatic carbocycles. The normalized spacial score (nSPS) is 20.3. The summed E-state index contributed by atoms with van der Waals surface area (Å²) in [5, 5.41) is 7.27. The van der Waals surface area contributed by atoms with Gasteiger partial charge in [-0.1, -0.05) is 12.1 Å². The first-order valence-corrected chi connectivity index (χ1v) is 6.22. The maximum Gasteiger partial charge on any atom is 0.151 e. The van der Waals surface area contributed by atoms with Crippen molar-refractivity contribution < 1.29 is 9.26 Å². The van der Waals surface area contributed by atoms with Gasteiger partial charge < -0.3 is 14.6 Å². The molecule has 0 radical (unpaired) electrons. The summed E-state index contributed by atoms with van der Waals surface area (Å²) in [6.45, 7) is 6.30. The molecule has 2 heterocycles. The highest BCUT2D eigenvalue weighted by Gasteiger charge is 2.21. The second-order valence-electron chi connectivity index (χ2n) is 4.50. The highest BCUT2D eigenvalue weighted by molar-refractivity contribution is 5.05. The molecule has 0 amide bonds. The Morgan fingerprint density at radius 3 is 3.18 bits per heavy atom. The molecule has 0 saturated carbocycles. The van der Waals surface area contributed by atoms with E-state index in [-0.39, 0.29) is 0 Å². The summed E-state index contributed by atoms with van der Waals surface area (Å²) >= 11 is 0. The second kappa shape index (κ2) is 6.14. The van der Waals surface area contributed by atoms with Crippen LogP contribution < -0.4 is 5.32 Å². The number of hydrogen-bond acceptors (Lipinski definition) is 5. The zero-order valence-corrected chi connectivity index (χ0v) is 10.6. The maximum atomic E-state index is 5.38. The van der Waals surface area contributed by atoms with E-state index in [2.05, 4.69) is 29.3 Å². The van der Waals surface area contributed by atoms with Crippen molar-refractivity contribution in [2.24, 2.45) is 0 Å². The molecule has 5 nitrogen and oxygen atoms in total. The Morgan fingerprint density at radius 2 is 2.47 bits per heavy atom. The van der Waals surface area contributed by atoms with E-state index in [1.54, 1.807) is 0 Å². The third kappa shape index (κ3) is 3.52. The van der Waals surface area contributed by atoms with Crippen LogP contribution in [0, 0.1) is 0 Å². The highest BCUT2D eigenvalue weighted by atomic mass is 16.5. The zero-order chi connectivity index (χ0) is 12.1. The van der Waals surface area contributed by atoms with Gasteiger partial charge in [0.2, 0.25) is 0 Å². The summed E-state index contributed by atoms with van der Waals surface area (Å²) < 4.78 is 10.7. The fraction of sp³-hybridized carbons (Fsp3) is 0.750. The van der Waals surface area contributed by atoms with Gasteiger partial charge in [0.1, 0.15) is 0 Å². The highest BCUT2D eigenvalue weighted by Crippen LogP contribution is 2.14. The number of rotatable bonds is 6. The van der Waals surface area contributed by atoms with Crippen LogP contribution in [0.4, 0.5) is 0 Å². The molecule has 96 valence electrons. The van der Waals surface area contributed by atoms with Crippen molar-refractivity contribution in [3.8, 4) is 0 Å². The molecule has 1 N–H and O–H groups in total. The standard InChI is InChI=1S/C12H21N3O2/c1-3-13-7-10-6-12(17-14-10)8-15(2)11-4-5-16-9-11/h6,11,13H,3-5,7-9H2,1-2H3. The molecular formula is C12H21N3O2. The summed E-state index contributed by atoms with van der Waals surface area (Å²) in [6, 6.07) is 2.53. The molecule has 5 heteroatoms. The summed E-state index contributed by atoms with van der Waals surface area (Å²) in [5.74, 6) is 0.923. The summed E-state index contributed by atoms with van der Waals surface area (Å²) in [6.07, 6.45) is 1.11. The molecule has 1 aliphatic heterocycles. The van der Waals surface area contributed by atoms with Gasteiger partial charge in [0.05, 0.1) is 18.8 Å². The molecule has 1 unspecified atom stereocenters. The van der Waals surface area contributed by atoms with Crippen molar-refractivity contribution in [1.82, 2.24) is 15.4 Å². The van der Waals surface area contributed by atoms with Crippen molar-refractivity contribution in [3.05, 3.63) is 17.5 Å². The number of likely N-dealkylation sites (N-methyl/N-ethyl adjacent to an activating group) is 1. The Morgan fingerprint density at radius 1 is 1.59 bits per heavy atom. The number of hydrogen-bond donors (Lipinski definition) is 1. The molecular weight excluding hydrogens is 218 g/mol. The minimum Gasteiger partial charge on any atom is -0.380 e. The van der Waals surface area contributed by atoms with Gasteiger partial charge in [-0.15, -0.1) is 0 Å². The molecule has 1 atom stereocenters. The van der Waals surface area contributed by atoms with E-state index < -0.39 is 0 Å². The van der Waals surface area contributed by atoms with Crippen LogP contribution in [0.15, 0.2) is 10.6 Å². The average Bonchev–Trinajstić information content (AvgIpc) is 2.97. The maximum absolute atomic E-state index is 5.38. The Balaban J connectivity index is 1.83. The van der Waals surface area contributed by atoms with Crippen LogP contribution in [0.25, 0.3) is 0 Å². The van der Waals surface area contributed by atoms with Crippen molar-refractivity contribution in [1.29, 1.82) is 0 Å². The van der Waals surface area contributed by atoms with E-state index >= 15 is 0 Å². The molecule has 1 saturated heterocycles. The van der Waals surface area contributed by atoms with E-state index in [9.17, 15) is 0 Å². The number of nitrogens with zero attached hydrogens (tertiary/aromatic N) is 2. The fourth-order valence-corrected chi connectivity index (χ4v) is 2.01. The summed E-state index contributed by atoms with van der Waals surface area (Å²) in [4.78, 5) is 2.27. The lowest BCUT2D eigenvalue weighted by Crippen LogP contribution is -2.31. The predicted molar refractivity (Wildman–Crippen MR) is 64.6 cm³/mol. The molecule has 1 aliphatic rings. The quantitative estimate of drug-likeness (QED) is 0.802. The first kappa shape index (κ1) is 12.5. The molecule has 1 aromatic rings. The van der Waals surface area contributed by atoms with Gasteiger partial charge in [0, 0.05) is 25.3 Å². The molecule has 0 spiro atoms. The molecule has 1 aromatic heterocycles. The van der Waals surface area contributed by atoms with Crippen molar-refractivity contribution in [2.75, 3.05) is 26.8 Å². The van der Waals surface area contributed by atoms with Crippen LogP contribution >= 0.6 is 0 Å². The molecule has 0 aliphatic carbocycles. The van der Waals surface area contributed by atoms with E-state index in [1.807, 2.05) is 6.07 Å². The largest absolute Gasteiger partial charge is 0.380 e. The van der Waals surface area contributed by atoms with E-state index in [1.165, 1.54) is 0 Å². The second-order valence-corrected chi connectivity index (χ2v) is 4.50. The van der Waals surface area contributed by atoms with Crippen LogP contribution in [0.5, 0.6) is 0 Å². The Bertz CT molecular complexity index is 334. The minimum atomic E-state index is 0.511. The molecule has 17 heavy (non-hydrogen) atoms.